The van der Waals surface area contributed by atoms with Crippen LogP contribution in [0.25, 0.3) is 5.69 Å². The fraction of sp³-hybridized carbons (Fsp3) is 0.320. The molecule has 1 fully saturated rings. The number of carbonyl (C=O) groups is 1. The van der Waals surface area contributed by atoms with Crippen molar-refractivity contribution in [3.8, 4) is 5.69 Å². The van der Waals surface area contributed by atoms with Crippen molar-refractivity contribution >= 4 is 11.7 Å². The van der Waals surface area contributed by atoms with Crippen molar-refractivity contribution in [2.75, 3.05) is 18.0 Å². The molecule has 7 heteroatoms. The number of hydrogen-bond donors (Lipinski definition) is 1. The Kier molecular flexibility index (Phi) is 6.63. The van der Waals surface area contributed by atoms with Gasteiger partial charge in [-0.15, -0.1) is 5.10 Å². The number of amides is 1. The number of piperidine rings is 1. The van der Waals surface area contributed by atoms with Gasteiger partial charge in [0.05, 0.1) is 11.6 Å². The number of rotatable bonds is 6. The van der Waals surface area contributed by atoms with Crippen LogP contribution in [0.2, 0.25) is 0 Å². The summed E-state index contributed by atoms with van der Waals surface area (Å²) in [6.45, 7) is 3.67. The average Bonchev–Trinajstić information content (AvgIpc) is 2.83. The Morgan fingerprint density at radius 3 is 2.69 bits per heavy atom. The van der Waals surface area contributed by atoms with Crippen molar-refractivity contribution in [2.24, 2.45) is 5.92 Å². The van der Waals surface area contributed by atoms with Crippen LogP contribution >= 0.6 is 0 Å². The van der Waals surface area contributed by atoms with E-state index in [4.69, 9.17) is 0 Å². The lowest BCUT2D eigenvalue weighted by Crippen LogP contribution is -2.43. The molecule has 32 heavy (non-hydrogen) atoms. The standard InChI is InChI=1S/C25H27FN4O2/c1-2-18-8-10-22(11-9-18)30-24(31)13-12-23(28-30)29-14-4-6-20(17-29)25(32)27-16-19-5-3-7-21(26)15-19/h3,5,7-13,15,20H,2,4,6,14,16-17H2,1H3,(H,27,32)/t20-/m0/s1. The minimum absolute atomic E-state index is 0.0533. The van der Waals surface area contributed by atoms with Gasteiger partial charge < -0.3 is 10.2 Å². The van der Waals surface area contributed by atoms with E-state index in [-0.39, 0.29) is 23.2 Å². The Hall–Kier alpha value is -3.48. The van der Waals surface area contributed by atoms with Crippen LogP contribution in [0.1, 0.15) is 30.9 Å². The smallest absolute Gasteiger partial charge is 0.271 e. The Labute approximate surface area is 186 Å². The van der Waals surface area contributed by atoms with Gasteiger partial charge in [0.1, 0.15) is 11.6 Å². The molecule has 1 amide bonds. The van der Waals surface area contributed by atoms with E-state index in [2.05, 4.69) is 17.3 Å². The highest BCUT2D eigenvalue weighted by atomic mass is 19.1. The summed E-state index contributed by atoms with van der Waals surface area (Å²) in [6.07, 6.45) is 2.56. The molecular formula is C25H27FN4O2. The first-order valence-corrected chi connectivity index (χ1v) is 11.0. The van der Waals surface area contributed by atoms with Crippen LogP contribution in [0, 0.1) is 11.7 Å². The first-order chi connectivity index (χ1) is 15.5. The lowest BCUT2D eigenvalue weighted by atomic mass is 9.97. The maximum Gasteiger partial charge on any atom is 0.271 e. The van der Waals surface area contributed by atoms with Gasteiger partial charge in [0.15, 0.2) is 0 Å². The number of aryl methyl sites for hydroxylation is 1. The maximum absolute atomic E-state index is 13.4. The molecule has 0 saturated carbocycles. The monoisotopic (exact) mass is 434 g/mol. The van der Waals surface area contributed by atoms with Crippen LogP contribution in [0.5, 0.6) is 0 Å². The molecule has 1 N–H and O–H groups in total. The fourth-order valence-corrected chi connectivity index (χ4v) is 4.01. The SMILES string of the molecule is CCc1ccc(-n2nc(N3CCC[C@H](C(=O)NCc4cccc(F)c4)C3)ccc2=O)cc1. The predicted molar refractivity (Wildman–Crippen MR) is 122 cm³/mol. The third-order valence-corrected chi connectivity index (χ3v) is 5.85. The molecular weight excluding hydrogens is 407 g/mol. The number of nitrogens with one attached hydrogen (secondary N) is 1. The molecule has 1 aliphatic heterocycles. The Bertz CT molecular complexity index is 1140. The summed E-state index contributed by atoms with van der Waals surface area (Å²) < 4.78 is 14.8. The van der Waals surface area contributed by atoms with E-state index >= 15 is 0 Å². The zero-order valence-electron chi connectivity index (χ0n) is 18.1. The van der Waals surface area contributed by atoms with Crippen LogP contribution in [-0.4, -0.2) is 28.8 Å². The average molecular weight is 435 g/mol. The molecule has 166 valence electrons. The van der Waals surface area contributed by atoms with Crippen LogP contribution < -0.4 is 15.8 Å². The first kappa shape index (κ1) is 21.7. The molecule has 3 aromatic rings. The van der Waals surface area contributed by atoms with Crippen molar-refractivity contribution in [1.82, 2.24) is 15.1 Å². The van der Waals surface area contributed by atoms with Crippen LogP contribution in [-0.2, 0) is 17.8 Å². The second-order valence-electron chi connectivity index (χ2n) is 8.09. The molecule has 1 atom stereocenters. The number of carbonyl (C=O) groups excluding carboxylic acids is 1. The summed E-state index contributed by atoms with van der Waals surface area (Å²) in [5, 5.41) is 7.49. The topological polar surface area (TPSA) is 67.2 Å². The van der Waals surface area contributed by atoms with E-state index in [0.717, 1.165) is 37.1 Å². The number of halogens is 1. The van der Waals surface area contributed by atoms with Gasteiger partial charge in [0.25, 0.3) is 5.56 Å². The van der Waals surface area contributed by atoms with Crippen LogP contribution in [0.3, 0.4) is 0 Å². The Morgan fingerprint density at radius 2 is 1.94 bits per heavy atom. The zero-order chi connectivity index (χ0) is 22.5. The molecule has 0 unspecified atom stereocenters. The number of aromatic nitrogens is 2. The van der Waals surface area contributed by atoms with E-state index in [9.17, 15) is 14.0 Å². The van der Waals surface area contributed by atoms with E-state index in [1.54, 1.807) is 18.2 Å². The van der Waals surface area contributed by atoms with E-state index in [1.165, 1.54) is 28.4 Å². The first-order valence-electron chi connectivity index (χ1n) is 11.0. The van der Waals surface area contributed by atoms with Gasteiger partial charge in [0, 0.05) is 25.7 Å². The molecule has 0 radical (unpaired) electrons. The third-order valence-electron chi connectivity index (χ3n) is 5.85. The van der Waals surface area contributed by atoms with E-state index in [1.807, 2.05) is 29.2 Å². The van der Waals surface area contributed by atoms with Crippen molar-refractivity contribution < 1.29 is 9.18 Å². The number of hydrogen-bond acceptors (Lipinski definition) is 4. The van der Waals surface area contributed by atoms with Crippen molar-refractivity contribution in [3.05, 3.63) is 88.0 Å². The normalized spacial score (nSPS) is 16.1. The van der Waals surface area contributed by atoms with Crippen LogP contribution in [0.4, 0.5) is 10.2 Å². The molecule has 4 rings (SSSR count). The highest BCUT2D eigenvalue weighted by Gasteiger charge is 2.26. The van der Waals surface area contributed by atoms with Gasteiger partial charge in [-0.2, -0.15) is 4.68 Å². The molecule has 2 aromatic carbocycles. The molecule has 0 spiro atoms. The fourth-order valence-electron chi connectivity index (χ4n) is 4.01. The lowest BCUT2D eigenvalue weighted by Gasteiger charge is -2.33. The minimum Gasteiger partial charge on any atom is -0.354 e. The van der Waals surface area contributed by atoms with Gasteiger partial charge in [0.2, 0.25) is 5.91 Å². The molecule has 1 aromatic heterocycles. The van der Waals surface area contributed by atoms with E-state index < -0.39 is 0 Å². The summed E-state index contributed by atoms with van der Waals surface area (Å²) in [5.74, 6) is 0.115. The van der Waals surface area contributed by atoms with Crippen molar-refractivity contribution in [1.29, 1.82) is 0 Å². The highest BCUT2D eigenvalue weighted by molar-refractivity contribution is 5.79. The second kappa shape index (κ2) is 9.77. The lowest BCUT2D eigenvalue weighted by molar-refractivity contribution is -0.125. The summed E-state index contributed by atoms with van der Waals surface area (Å²) >= 11 is 0. The summed E-state index contributed by atoms with van der Waals surface area (Å²) in [4.78, 5) is 27.2. The third kappa shape index (κ3) is 5.04. The predicted octanol–water partition coefficient (Wildman–Crippen LogP) is 3.47. The van der Waals surface area contributed by atoms with Crippen LogP contribution in [0.15, 0.2) is 65.5 Å². The van der Waals surface area contributed by atoms with E-state index in [0.29, 0.717) is 18.9 Å². The summed E-state index contributed by atoms with van der Waals surface area (Å²) in [7, 11) is 0. The molecule has 1 aliphatic rings. The quantitative estimate of drug-likeness (QED) is 0.645. The number of anilines is 1. The molecule has 2 heterocycles. The minimum atomic E-state index is -0.314. The zero-order valence-corrected chi connectivity index (χ0v) is 18.1. The summed E-state index contributed by atoms with van der Waals surface area (Å²) in [5.41, 5.74) is 2.45. The summed E-state index contributed by atoms with van der Waals surface area (Å²) in [6, 6.07) is 17.3. The van der Waals surface area contributed by atoms with Gasteiger partial charge in [-0.1, -0.05) is 31.2 Å². The van der Waals surface area contributed by atoms with Crippen molar-refractivity contribution in [3.63, 3.8) is 0 Å². The van der Waals surface area contributed by atoms with Gasteiger partial charge in [-0.3, -0.25) is 9.59 Å². The molecule has 1 saturated heterocycles. The second-order valence-corrected chi connectivity index (χ2v) is 8.09. The molecule has 0 aliphatic carbocycles. The maximum atomic E-state index is 13.4. The Morgan fingerprint density at radius 1 is 1.12 bits per heavy atom. The Balaban J connectivity index is 1.45. The largest absolute Gasteiger partial charge is 0.354 e. The number of nitrogens with zero attached hydrogens (tertiary/aromatic N) is 3. The number of benzene rings is 2. The van der Waals surface area contributed by atoms with Gasteiger partial charge >= 0.3 is 0 Å². The molecule has 6 nitrogen and oxygen atoms in total. The van der Waals surface area contributed by atoms with Crippen molar-refractivity contribution in [2.45, 2.75) is 32.7 Å². The van der Waals surface area contributed by atoms with Gasteiger partial charge in [-0.25, -0.2) is 4.39 Å². The molecule has 0 bridgehead atoms. The van der Waals surface area contributed by atoms with Gasteiger partial charge in [-0.05, 0) is 60.7 Å². The highest BCUT2D eigenvalue weighted by Crippen LogP contribution is 2.22.